The molecule has 0 unspecified atom stereocenters. The van der Waals surface area contributed by atoms with Crippen LogP contribution in [-0.2, 0) is 4.74 Å². The van der Waals surface area contributed by atoms with E-state index in [1.165, 1.54) is 0 Å². The zero-order valence-electron chi connectivity index (χ0n) is 10.5. The second kappa shape index (κ2) is 16.1. The molecule has 0 heterocycles. The van der Waals surface area contributed by atoms with E-state index in [9.17, 15) is 0 Å². The Labute approximate surface area is 126 Å². The van der Waals surface area contributed by atoms with Crippen molar-refractivity contribution in [3.8, 4) is 0 Å². The molecular formula is C11H24IN3OS. The van der Waals surface area contributed by atoms with Crippen molar-refractivity contribution in [2.24, 2.45) is 10.7 Å². The van der Waals surface area contributed by atoms with Gasteiger partial charge in [0.1, 0.15) is 0 Å². The maximum absolute atomic E-state index is 5.67. The highest BCUT2D eigenvalue weighted by molar-refractivity contribution is 14.0. The van der Waals surface area contributed by atoms with Gasteiger partial charge in [-0.05, 0) is 13.3 Å². The van der Waals surface area contributed by atoms with E-state index in [1.54, 1.807) is 0 Å². The molecule has 0 aromatic carbocycles. The lowest BCUT2D eigenvalue weighted by Crippen LogP contribution is -2.33. The van der Waals surface area contributed by atoms with E-state index in [0.29, 0.717) is 5.96 Å². The Bertz CT molecular complexity index is 203. The van der Waals surface area contributed by atoms with Gasteiger partial charge in [0.05, 0.1) is 0 Å². The van der Waals surface area contributed by atoms with Gasteiger partial charge in [0, 0.05) is 37.8 Å². The van der Waals surface area contributed by atoms with E-state index in [4.69, 9.17) is 10.5 Å². The van der Waals surface area contributed by atoms with Crippen molar-refractivity contribution >= 4 is 41.7 Å². The van der Waals surface area contributed by atoms with Gasteiger partial charge >= 0.3 is 0 Å². The molecule has 0 aliphatic rings. The first-order valence-corrected chi connectivity index (χ1v) is 6.77. The fourth-order valence-electron chi connectivity index (χ4n) is 0.984. The maximum atomic E-state index is 5.67. The monoisotopic (exact) mass is 373 g/mol. The highest BCUT2D eigenvalue weighted by Gasteiger charge is 1.91. The van der Waals surface area contributed by atoms with Gasteiger partial charge in [0.25, 0.3) is 0 Å². The average molecular weight is 373 g/mol. The van der Waals surface area contributed by atoms with Crippen LogP contribution >= 0.6 is 35.7 Å². The Morgan fingerprint density at radius 2 is 2.35 bits per heavy atom. The number of nitrogens with one attached hydrogen (secondary N) is 1. The summed E-state index contributed by atoms with van der Waals surface area (Å²) in [5.74, 6) is 2.52. The second-order valence-corrected chi connectivity index (χ2v) is 4.26. The van der Waals surface area contributed by atoms with Crippen molar-refractivity contribution in [3.05, 3.63) is 12.7 Å². The minimum Gasteiger partial charge on any atom is -0.382 e. The number of ether oxygens (including phenoxy) is 1. The molecule has 3 N–H and O–H groups in total. The Balaban J connectivity index is 0. The van der Waals surface area contributed by atoms with Gasteiger partial charge in [0.15, 0.2) is 5.96 Å². The van der Waals surface area contributed by atoms with E-state index in [-0.39, 0.29) is 24.0 Å². The zero-order valence-corrected chi connectivity index (χ0v) is 13.6. The van der Waals surface area contributed by atoms with Gasteiger partial charge in [-0.3, -0.25) is 4.99 Å². The van der Waals surface area contributed by atoms with Crippen molar-refractivity contribution < 1.29 is 4.74 Å². The second-order valence-electron chi connectivity index (χ2n) is 3.11. The minimum atomic E-state index is 0. The molecule has 0 aliphatic heterocycles. The van der Waals surface area contributed by atoms with Crippen molar-refractivity contribution in [1.29, 1.82) is 0 Å². The highest BCUT2D eigenvalue weighted by Crippen LogP contribution is 1.96. The zero-order chi connectivity index (χ0) is 12.1. The van der Waals surface area contributed by atoms with Crippen LogP contribution in [0.25, 0.3) is 0 Å². The molecule has 0 bridgehead atoms. The molecule has 0 aliphatic carbocycles. The predicted molar refractivity (Wildman–Crippen MR) is 88.5 cm³/mol. The van der Waals surface area contributed by atoms with E-state index in [1.807, 2.05) is 24.8 Å². The molecule has 0 atom stereocenters. The molecule has 0 aromatic heterocycles. The Morgan fingerprint density at radius 1 is 1.59 bits per heavy atom. The van der Waals surface area contributed by atoms with E-state index in [0.717, 1.165) is 44.2 Å². The number of nitrogens with two attached hydrogens (primary N) is 1. The molecule has 0 rings (SSSR count). The number of guanidine groups is 1. The molecule has 17 heavy (non-hydrogen) atoms. The Hall–Kier alpha value is 0.0500. The first-order chi connectivity index (χ1) is 7.81. The van der Waals surface area contributed by atoms with Crippen molar-refractivity contribution in [2.75, 3.05) is 37.8 Å². The molecule has 0 fully saturated rings. The predicted octanol–water partition coefficient (Wildman–Crippen LogP) is 1.85. The number of halogens is 1. The van der Waals surface area contributed by atoms with Gasteiger partial charge in [-0.25, -0.2) is 0 Å². The van der Waals surface area contributed by atoms with Gasteiger partial charge in [-0.2, -0.15) is 11.8 Å². The fourth-order valence-corrected chi connectivity index (χ4v) is 1.56. The number of hydrogen-bond acceptors (Lipinski definition) is 3. The SMILES string of the molecule is C=CCSCCNC(N)=NCCCOCC.I. The number of aliphatic imine (C=N–C) groups is 1. The van der Waals surface area contributed by atoms with Crippen LogP contribution in [0.5, 0.6) is 0 Å². The molecule has 0 saturated carbocycles. The molecule has 0 saturated heterocycles. The van der Waals surface area contributed by atoms with Gasteiger partial charge < -0.3 is 15.8 Å². The van der Waals surface area contributed by atoms with Crippen LogP contribution in [0.15, 0.2) is 17.6 Å². The van der Waals surface area contributed by atoms with Crippen molar-refractivity contribution in [1.82, 2.24) is 5.32 Å². The maximum Gasteiger partial charge on any atom is 0.188 e. The molecule has 4 nitrogen and oxygen atoms in total. The first kappa shape index (κ1) is 19.4. The summed E-state index contributed by atoms with van der Waals surface area (Å²) >= 11 is 1.82. The minimum absolute atomic E-state index is 0. The smallest absolute Gasteiger partial charge is 0.188 e. The van der Waals surface area contributed by atoms with Crippen LogP contribution in [0.4, 0.5) is 0 Å². The van der Waals surface area contributed by atoms with Gasteiger partial charge in [-0.15, -0.1) is 30.6 Å². The normalized spacial score (nSPS) is 10.8. The summed E-state index contributed by atoms with van der Waals surface area (Å²) in [6.45, 7) is 8.72. The average Bonchev–Trinajstić information content (AvgIpc) is 2.28. The summed E-state index contributed by atoms with van der Waals surface area (Å²) in [4.78, 5) is 4.19. The summed E-state index contributed by atoms with van der Waals surface area (Å²) in [5.41, 5.74) is 5.67. The van der Waals surface area contributed by atoms with E-state index >= 15 is 0 Å². The lowest BCUT2D eigenvalue weighted by atomic mass is 10.4. The first-order valence-electron chi connectivity index (χ1n) is 5.61. The molecule has 0 aromatic rings. The van der Waals surface area contributed by atoms with Crippen LogP contribution < -0.4 is 11.1 Å². The highest BCUT2D eigenvalue weighted by atomic mass is 127. The summed E-state index contributed by atoms with van der Waals surface area (Å²) in [6, 6.07) is 0. The molecule has 0 amide bonds. The third-order valence-corrected chi connectivity index (χ3v) is 2.69. The summed E-state index contributed by atoms with van der Waals surface area (Å²) < 4.78 is 5.20. The van der Waals surface area contributed by atoms with Crippen LogP contribution in [0.3, 0.4) is 0 Å². The molecular weight excluding hydrogens is 349 g/mol. The van der Waals surface area contributed by atoms with E-state index < -0.39 is 0 Å². The molecule has 0 radical (unpaired) electrons. The topological polar surface area (TPSA) is 59.6 Å². The Kier molecular flexibility index (Phi) is 18.3. The van der Waals surface area contributed by atoms with Crippen LogP contribution in [-0.4, -0.2) is 43.8 Å². The molecule has 0 spiro atoms. The number of rotatable bonds is 10. The quantitative estimate of drug-likeness (QED) is 0.202. The third kappa shape index (κ3) is 16.1. The number of nitrogens with zero attached hydrogens (tertiary/aromatic N) is 1. The van der Waals surface area contributed by atoms with Crippen molar-refractivity contribution in [2.45, 2.75) is 13.3 Å². The van der Waals surface area contributed by atoms with Crippen LogP contribution in [0.2, 0.25) is 0 Å². The van der Waals surface area contributed by atoms with Gasteiger partial charge in [0.2, 0.25) is 0 Å². The summed E-state index contributed by atoms with van der Waals surface area (Å²) in [7, 11) is 0. The van der Waals surface area contributed by atoms with Crippen LogP contribution in [0.1, 0.15) is 13.3 Å². The van der Waals surface area contributed by atoms with Crippen molar-refractivity contribution in [3.63, 3.8) is 0 Å². The van der Waals surface area contributed by atoms with E-state index in [2.05, 4.69) is 16.9 Å². The third-order valence-electron chi connectivity index (χ3n) is 1.72. The molecule has 6 heteroatoms. The Morgan fingerprint density at radius 3 is 3.00 bits per heavy atom. The lowest BCUT2D eigenvalue weighted by Gasteiger charge is -2.04. The number of hydrogen-bond donors (Lipinski definition) is 2. The number of thioether (sulfide) groups is 1. The fraction of sp³-hybridized carbons (Fsp3) is 0.727. The largest absolute Gasteiger partial charge is 0.382 e. The standard InChI is InChI=1S/C11H23N3OS.HI/c1-3-9-16-10-7-14-11(12)13-6-5-8-15-4-2;/h3H,1,4-10H2,2H3,(H3,12,13,14);1H. The molecule has 102 valence electrons. The summed E-state index contributed by atoms with van der Waals surface area (Å²) in [5, 5.41) is 3.06. The summed E-state index contributed by atoms with van der Waals surface area (Å²) in [6.07, 6.45) is 2.82. The van der Waals surface area contributed by atoms with Crippen LogP contribution in [0, 0.1) is 0 Å². The lowest BCUT2D eigenvalue weighted by molar-refractivity contribution is 0.146. The van der Waals surface area contributed by atoms with Gasteiger partial charge in [-0.1, -0.05) is 6.08 Å².